The van der Waals surface area contributed by atoms with E-state index in [0.717, 1.165) is 53.2 Å². The molecule has 0 spiro atoms. The predicted molar refractivity (Wildman–Crippen MR) is 116 cm³/mol. The first kappa shape index (κ1) is 21.1. The van der Waals surface area contributed by atoms with Crippen molar-refractivity contribution in [3.8, 4) is 0 Å². The number of amides is 2. The number of rotatable bonds is 6. The SMILES string of the molecule is Cc1nn(Cc2ccccc2Cl)c(C)c1CN(C)CN1C(=O)C2CCCCC2C1=O. The van der Waals surface area contributed by atoms with Crippen molar-refractivity contribution in [3.05, 3.63) is 51.8 Å². The maximum Gasteiger partial charge on any atom is 0.234 e. The molecule has 160 valence electrons. The molecule has 2 amide bonds. The minimum absolute atomic E-state index is 0.0133. The Morgan fingerprint density at radius 2 is 1.73 bits per heavy atom. The lowest BCUT2D eigenvalue weighted by molar-refractivity contribution is -0.142. The number of benzene rings is 1. The van der Waals surface area contributed by atoms with Crippen LogP contribution in [0.2, 0.25) is 5.02 Å². The van der Waals surface area contributed by atoms with Gasteiger partial charge in [0.2, 0.25) is 11.8 Å². The highest BCUT2D eigenvalue weighted by atomic mass is 35.5. The molecular formula is C23H29ClN4O2. The van der Waals surface area contributed by atoms with Crippen LogP contribution in [0.25, 0.3) is 0 Å². The largest absolute Gasteiger partial charge is 0.284 e. The maximum atomic E-state index is 12.8. The lowest BCUT2D eigenvalue weighted by atomic mass is 9.81. The second-order valence-electron chi connectivity index (χ2n) is 8.66. The molecule has 6 nitrogen and oxygen atoms in total. The Balaban J connectivity index is 1.45. The summed E-state index contributed by atoms with van der Waals surface area (Å²) >= 11 is 6.31. The molecule has 1 aliphatic heterocycles. The Morgan fingerprint density at radius 3 is 2.37 bits per heavy atom. The third kappa shape index (κ3) is 3.91. The van der Waals surface area contributed by atoms with E-state index in [2.05, 4.69) is 6.92 Å². The summed E-state index contributed by atoms with van der Waals surface area (Å²) in [5, 5.41) is 5.44. The summed E-state index contributed by atoms with van der Waals surface area (Å²) < 4.78 is 1.97. The third-order valence-corrected chi connectivity index (χ3v) is 6.92. The molecule has 2 aromatic rings. The van der Waals surface area contributed by atoms with Crippen LogP contribution in [0.3, 0.4) is 0 Å². The molecule has 1 saturated carbocycles. The fraction of sp³-hybridized carbons (Fsp3) is 0.522. The van der Waals surface area contributed by atoms with Crippen LogP contribution in [0.15, 0.2) is 24.3 Å². The van der Waals surface area contributed by atoms with Crippen molar-refractivity contribution in [3.63, 3.8) is 0 Å². The lowest BCUT2D eigenvalue weighted by Gasteiger charge is -2.23. The smallest absolute Gasteiger partial charge is 0.234 e. The Morgan fingerprint density at radius 1 is 1.10 bits per heavy atom. The average molecular weight is 429 g/mol. The molecule has 2 atom stereocenters. The topological polar surface area (TPSA) is 58.4 Å². The standard InChI is InChI=1S/C23H29ClN4O2/c1-15-20(16(2)28(25-15)12-17-8-4-7-11-21(17)24)13-26(3)14-27-22(29)18-9-5-6-10-19(18)23(27)30/h4,7-8,11,18-19H,5-6,9-10,12-14H2,1-3H3. The zero-order valence-electron chi connectivity index (χ0n) is 17.9. The number of halogens is 1. The highest BCUT2D eigenvalue weighted by molar-refractivity contribution is 6.31. The number of fused-ring (bicyclic) bond motifs is 1. The minimum Gasteiger partial charge on any atom is -0.284 e. The van der Waals surface area contributed by atoms with E-state index in [1.807, 2.05) is 47.8 Å². The van der Waals surface area contributed by atoms with Crippen molar-refractivity contribution in [2.75, 3.05) is 13.7 Å². The number of aromatic nitrogens is 2. The molecule has 1 aromatic heterocycles. The lowest BCUT2D eigenvalue weighted by Crippen LogP contribution is -2.40. The highest BCUT2D eigenvalue weighted by Gasteiger charge is 2.48. The van der Waals surface area contributed by atoms with Gasteiger partial charge in [0.15, 0.2) is 0 Å². The van der Waals surface area contributed by atoms with Crippen LogP contribution in [0.1, 0.15) is 48.2 Å². The number of likely N-dealkylation sites (tertiary alicyclic amines) is 1. The molecule has 2 heterocycles. The second kappa shape index (κ2) is 8.52. The molecule has 2 fully saturated rings. The first-order valence-corrected chi connectivity index (χ1v) is 11.0. The van der Waals surface area contributed by atoms with Crippen LogP contribution in [-0.2, 0) is 22.7 Å². The molecule has 1 aromatic carbocycles. The van der Waals surface area contributed by atoms with Crippen LogP contribution in [0.5, 0.6) is 0 Å². The van der Waals surface area contributed by atoms with Crippen LogP contribution in [0, 0.1) is 25.7 Å². The number of hydrogen-bond donors (Lipinski definition) is 0. The minimum atomic E-state index is -0.0958. The summed E-state index contributed by atoms with van der Waals surface area (Å²) in [6.45, 7) is 5.63. The van der Waals surface area contributed by atoms with E-state index in [0.29, 0.717) is 19.8 Å². The van der Waals surface area contributed by atoms with Gasteiger partial charge in [-0.05, 0) is 45.4 Å². The van der Waals surface area contributed by atoms with Crippen molar-refractivity contribution in [2.24, 2.45) is 11.8 Å². The molecule has 2 unspecified atom stereocenters. The van der Waals surface area contributed by atoms with Gasteiger partial charge in [0.1, 0.15) is 0 Å². The van der Waals surface area contributed by atoms with Gasteiger partial charge in [-0.3, -0.25) is 24.1 Å². The van der Waals surface area contributed by atoms with E-state index in [1.165, 1.54) is 4.90 Å². The summed E-state index contributed by atoms with van der Waals surface area (Å²) in [4.78, 5) is 29.0. The van der Waals surface area contributed by atoms with E-state index >= 15 is 0 Å². The summed E-state index contributed by atoms with van der Waals surface area (Å²) in [6, 6.07) is 7.79. The van der Waals surface area contributed by atoms with Gasteiger partial charge in [-0.15, -0.1) is 0 Å². The van der Waals surface area contributed by atoms with Crippen LogP contribution < -0.4 is 0 Å². The van der Waals surface area contributed by atoms with E-state index in [4.69, 9.17) is 16.7 Å². The van der Waals surface area contributed by atoms with Gasteiger partial charge in [0.25, 0.3) is 0 Å². The number of carbonyl (C=O) groups is 2. The van der Waals surface area contributed by atoms with Crippen molar-refractivity contribution in [1.82, 2.24) is 19.6 Å². The summed E-state index contributed by atoms with van der Waals surface area (Å²) in [5.74, 6) is -0.165. The molecule has 0 bridgehead atoms. The van der Waals surface area contributed by atoms with Gasteiger partial charge in [-0.2, -0.15) is 5.10 Å². The van der Waals surface area contributed by atoms with E-state index < -0.39 is 0 Å². The number of imide groups is 1. The Labute approximate surface area is 182 Å². The van der Waals surface area contributed by atoms with Gasteiger partial charge >= 0.3 is 0 Å². The van der Waals surface area contributed by atoms with Crippen LogP contribution >= 0.6 is 11.6 Å². The van der Waals surface area contributed by atoms with Gasteiger partial charge in [0, 0.05) is 22.8 Å². The molecular weight excluding hydrogens is 400 g/mol. The molecule has 0 radical (unpaired) electrons. The number of aryl methyl sites for hydroxylation is 1. The summed E-state index contributed by atoms with van der Waals surface area (Å²) in [6.07, 6.45) is 3.80. The molecule has 1 aliphatic carbocycles. The number of nitrogens with zero attached hydrogens (tertiary/aromatic N) is 4. The van der Waals surface area contributed by atoms with Gasteiger partial charge in [0.05, 0.1) is 30.7 Å². The Bertz CT molecular complexity index is 946. The fourth-order valence-electron chi connectivity index (χ4n) is 4.84. The zero-order chi connectivity index (χ0) is 21.4. The normalized spacial score (nSPS) is 21.6. The highest BCUT2D eigenvalue weighted by Crippen LogP contribution is 2.38. The second-order valence-corrected chi connectivity index (χ2v) is 9.06. The fourth-order valence-corrected chi connectivity index (χ4v) is 5.03. The molecule has 4 rings (SSSR count). The third-order valence-electron chi connectivity index (χ3n) is 6.55. The summed E-state index contributed by atoms with van der Waals surface area (Å²) in [7, 11) is 1.95. The van der Waals surface area contributed by atoms with Crippen molar-refractivity contribution in [1.29, 1.82) is 0 Å². The Hall–Kier alpha value is -2.18. The van der Waals surface area contributed by atoms with Crippen LogP contribution in [0.4, 0.5) is 0 Å². The molecule has 2 aliphatic rings. The van der Waals surface area contributed by atoms with Gasteiger partial charge in [-0.1, -0.05) is 42.6 Å². The summed E-state index contributed by atoms with van der Waals surface area (Å²) in [5.41, 5.74) is 4.19. The van der Waals surface area contributed by atoms with Gasteiger partial charge in [-0.25, -0.2) is 0 Å². The molecule has 30 heavy (non-hydrogen) atoms. The Kier molecular flexibility index (Phi) is 5.98. The van der Waals surface area contributed by atoms with Crippen LogP contribution in [-0.4, -0.2) is 45.1 Å². The van der Waals surface area contributed by atoms with Crippen molar-refractivity contribution < 1.29 is 9.59 Å². The van der Waals surface area contributed by atoms with Crippen molar-refractivity contribution >= 4 is 23.4 Å². The molecule has 1 saturated heterocycles. The average Bonchev–Trinajstić information content (AvgIpc) is 3.13. The van der Waals surface area contributed by atoms with E-state index in [-0.39, 0.29) is 23.7 Å². The van der Waals surface area contributed by atoms with Gasteiger partial charge < -0.3 is 0 Å². The predicted octanol–water partition coefficient (Wildman–Crippen LogP) is 3.77. The van der Waals surface area contributed by atoms with E-state index in [9.17, 15) is 9.59 Å². The first-order chi connectivity index (χ1) is 14.4. The maximum absolute atomic E-state index is 12.8. The number of hydrogen-bond acceptors (Lipinski definition) is 4. The van der Waals surface area contributed by atoms with Crippen molar-refractivity contribution in [2.45, 2.75) is 52.6 Å². The zero-order valence-corrected chi connectivity index (χ0v) is 18.7. The molecule has 7 heteroatoms. The monoisotopic (exact) mass is 428 g/mol. The first-order valence-electron chi connectivity index (χ1n) is 10.7. The molecule has 0 N–H and O–H groups in total. The number of carbonyl (C=O) groups excluding carboxylic acids is 2. The quantitative estimate of drug-likeness (QED) is 0.657. The van der Waals surface area contributed by atoms with E-state index in [1.54, 1.807) is 0 Å².